The van der Waals surface area contributed by atoms with E-state index in [1.165, 1.54) is 20.0 Å². The van der Waals surface area contributed by atoms with Crippen LogP contribution in [0.2, 0.25) is 0 Å². The van der Waals surface area contributed by atoms with E-state index in [9.17, 15) is 4.79 Å². The third-order valence-corrected chi connectivity index (χ3v) is 3.34. The summed E-state index contributed by atoms with van der Waals surface area (Å²) in [6, 6.07) is 7.46. The summed E-state index contributed by atoms with van der Waals surface area (Å²) >= 11 is 0. The minimum atomic E-state index is -0.291. The fourth-order valence-corrected chi connectivity index (χ4v) is 2.22. The lowest BCUT2D eigenvalue weighted by Crippen LogP contribution is -2.31. The van der Waals surface area contributed by atoms with Crippen molar-refractivity contribution in [1.29, 1.82) is 0 Å². The van der Waals surface area contributed by atoms with Crippen LogP contribution in [0.3, 0.4) is 0 Å². The number of rotatable bonds is 4. The molecule has 1 aromatic carbocycles. The van der Waals surface area contributed by atoms with Crippen molar-refractivity contribution >= 4 is 11.7 Å². The van der Waals surface area contributed by atoms with Gasteiger partial charge in [-0.1, -0.05) is 6.07 Å². The topological polar surface area (TPSA) is 50.4 Å². The molecule has 0 unspecified atom stereocenters. The molecule has 1 fully saturated rings. The molecule has 0 spiro atoms. The van der Waals surface area contributed by atoms with E-state index >= 15 is 0 Å². The summed E-state index contributed by atoms with van der Waals surface area (Å²) in [4.78, 5) is 11.4. The molecule has 0 aromatic heterocycles. The van der Waals surface area contributed by atoms with Crippen LogP contribution in [0.1, 0.15) is 23.2 Å². The van der Waals surface area contributed by atoms with Crippen LogP contribution in [0.5, 0.6) is 0 Å². The maximum atomic E-state index is 11.4. The Bertz CT molecular complexity index is 401. The third kappa shape index (κ3) is 3.47. The molecule has 98 valence electrons. The molecule has 1 aliphatic rings. The number of hydrogen-bond donors (Lipinski definition) is 2. The first-order valence-electron chi connectivity index (χ1n) is 6.42. The van der Waals surface area contributed by atoms with Crippen LogP contribution in [0, 0.1) is 5.92 Å². The third-order valence-electron chi connectivity index (χ3n) is 3.34. The van der Waals surface area contributed by atoms with Gasteiger partial charge in [0.25, 0.3) is 0 Å². The summed E-state index contributed by atoms with van der Waals surface area (Å²) in [7, 11) is 1.40. The van der Waals surface area contributed by atoms with E-state index in [0.717, 1.165) is 25.3 Å². The number of benzene rings is 1. The van der Waals surface area contributed by atoms with Gasteiger partial charge < -0.3 is 15.4 Å². The lowest BCUT2D eigenvalue weighted by Gasteiger charge is -2.23. The van der Waals surface area contributed by atoms with E-state index in [4.69, 9.17) is 4.74 Å². The quantitative estimate of drug-likeness (QED) is 0.799. The summed E-state index contributed by atoms with van der Waals surface area (Å²) < 4.78 is 4.71. The number of methoxy groups -OCH3 is 1. The predicted octanol–water partition coefficient (Wildman–Crippen LogP) is 1.88. The zero-order chi connectivity index (χ0) is 12.8. The molecule has 1 aromatic rings. The van der Waals surface area contributed by atoms with Gasteiger partial charge in [-0.05, 0) is 50.0 Å². The second-order valence-electron chi connectivity index (χ2n) is 4.65. The van der Waals surface area contributed by atoms with Gasteiger partial charge in [-0.2, -0.15) is 0 Å². The predicted molar refractivity (Wildman–Crippen MR) is 71.9 cm³/mol. The first-order valence-corrected chi connectivity index (χ1v) is 6.42. The van der Waals surface area contributed by atoms with Gasteiger partial charge >= 0.3 is 5.97 Å². The van der Waals surface area contributed by atoms with Gasteiger partial charge in [0.05, 0.1) is 12.7 Å². The SMILES string of the molecule is COC(=O)c1cccc(NCC2CCNCC2)c1. The van der Waals surface area contributed by atoms with Crippen LogP contribution in [0.15, 0.2) is 24.3 Å². The van der Waals surface area contributed by atoms with E-state index in [1.54, 1.807) is 6.07 Å². The molecular formula is C14H20N2O2. The highest BCUT2D eigenvalue weighted by molar-refractivity contribution is 5.90. The van der Waals surface area contributed by atoms with Gasteiger partial charge in [0.1, 0.15) is 0 Å². The first-order chi connectivity index (χ1) is 8.79. The van der Waals surface area contributed by atoms with Gasteiger partial charge in [-0.3, -0.25) is 0 Å². The number of anilines is 1. The van der Waals surface area contributed by atoms with Crippen molar-refractivity contribution in [3.63, 3.8) is 0 Å². The highest BCUT2D eigenvalue weighted by Crippen LogP contribution is 2.15. The first kappa shape index (κ1) is 12.9. The van der Waals surface area contributed by atoms with E-state index in [1.807, 2.05) is 18.2 Å². The van der Waals surface area contributed by atoms with Crippen LogP contribution in [-0.4, -0.2) is 32.7 Å². The Morgan fingerprint density at radius 3 is 2.94 bits per heavy atom. The molecule has 1 saturated heterocycles. The van der Waals surface area contributed by atoms with E-state index in [0.29, 0.717) is 11.5 Å². The van der Waals surface area contributed by atoms with Gasteiger partial charge in [-0.25, -0.2) is 4.79 Å². The number of carbonyl (C=O) groups excluding carboxylic acids is 1. The molecule has 0 atom stereocenters. The Kier molecular flexibility index (Phi) is 4.59. The highest BCUT2D eigenvalue weighted by Gasteiger charge is 2.12. The second kappa shape index (κ2) is 6.40. The van der Waals surface area contributed by atoms with Crippen molar-refractivity contribution in [2.75, 3.05) is 32.1 Å². The van der Waals surface area contributed by atoms with Gasteiger partial charge in [0, 0.05) is 12.2 Å². The number of piperidine rings is 1. The normalized spacial score (nSPS) is 16.3. The monoisotopic (exact) mass is 248 g/mol. The number of hydrogen-bond acceptors (Lipinski definition) is 4. The minimum absolute atomic E-state index is 0.291. The molecule has 2 N–H and O–H groups in total. The second-order valence-corrected chi connectivity index (χ2v) is 4.65. The summed E-state index contributed by atoms with van der Waals surface area (Å²) in [6.07, 6.45) is 2.42. The van der Waals surface area contributed by atoms with E-state index in [2.05, 4.69) is 10.6 Å². The maximum Gasteiger partial charge on any atom is 0.337 e. The molecule has 2 rings (SSSR count). The van der Waals surface area contributed by atoms with Gasteiger partial charge in [0.2, 0.25) is 0 Å². The molecule has 1 aliphatic heterocycles. The smallest absolute Gasteiger partial charge is 0.337 e. The maximum absolute atomic E-state index is 11.4. The Morgan fingerprint density at radius 2 is 2.22 bits per heavy atom. The summed E-state index contributed by atoms with van der Waals surface area (Å²) in [6.45, 7) is 3.18. The fourth-order valence-electron chi connectivity index (χ4n) is 2.22. The fraction of sp³-hybridized carbons (Fsp3) is 0.500. The number of nitrogens with one attached hydrogen (secondary N) is 2. The Balaban J connectivity index is 1.90. The number of carbonyl (C=O) groups is 1. The van der Waals surface area contributed by atoms with Crippen LogP contribution in [-0.2, 0) is 4.74 Å². The summed E-state index contributed by atoms with van der Waals surface area (Å²) in [5, 5.41) is 6.75. The van der Waals surface area contributed by atoms with Crippen molar-refractivity contribution in [3.05, 3.63) is 29.8 Å². The Labute approximate surface area is 108 Å². The number of ether oxygens (including phenoxy) is 1. The molecule has 4 heteroatoms. The van der Waals surface area contributed by atoms with Crippen molar-refractivity contribution in [2.24, 2.45) is 5.92 Å². The molecule has 18 heavy (non-hydrogen) atoms. The molecule has 1 heterocycles. The zero-order valence-electron chi connectivity index (χ0n) is 10.7. The molecule has 0 amide bonds. The zero-order valence-corrected chi connectivity index (χ0v) is 10.7. The van der Waals surface area contributed by atoms with Gasteiger partial charge in [0.15, 0.2) is 0 Å². The lowest BCUT2D eigenvalue weighted by molar-refractivity contribution is 0.0601. The number of esters is 1. The van der Waals surface area contributed by atoms with Crippen molar-refractivity contribution in [2.45, 2.75) is 12.8 Å². The van der Waals surface area contributed by atoms with Crippen molar-refractivity contribution in [3.8, 4) is 0 Å². The molecular weight excluding hydrogens is 228 g/mol. The largest absolute Gasteiger partial charge is 0.465 e. The summed E-state index contributed by atoms with van der Waals surface area (Å²) in [5.74, 6) is 0.425. The van der Waals surface area contributed by atoms with Crippen LogP contribution >= 0.6 is 0 Å². The average molecular weight is 248 g/mol. The molecule has 0 radical (unpaired) electrons. The average Bonchev–Trinajstić information content (AvgIpc) is 2.45. The Hall–Kier alpha value is -1.55. The summed E-state index contributed by atoms with van der Waals surface area (Å²) in [5.41, 5.74) is 1.57. The highest BCUT2D eigenvalue weighted by atomic mass is 16.5. The van der Waals surface area contributed by atoms with Crippen LogP contribution < -0.4 is 10.6 Å². The lowest BCUT2D eigenvalue weighted by atomic mass is 9.98. The minimum Gasteiger partial charge on any atom is -0.465 e. The molecule has 4 nitrogen and oxygen atoms in total. The van der Waals surface area contributed by atoms with E-state index < -0.39 is 0 Å². The van der Waals surface area contributed by atoms with Crippen LogP contribution in [0.25, 0.3) is 0 Å². The molecule has 0 bridgehead atoms. The van der Waals surface area contributed by atoms with Crippen LogP contribution in [0.4, 0.5) is 5.69 Å². The standard InChI is InChI=1S/C14H20N2O2/c1-18-14(17)12-3-2-4-13(9-12)16-10-11-5-7-15-8-6-11/h2-4,9,11,15-16H,5-8,10H2,1H3. The van der Waals surface area contributed by atoms with Crippen molar-refractivity contribution < 1.29 is 9.53 Å². The van der Waals surface area contributed by atoms with Crippen molar-refractivity contribution in [1.82, 2.24) is 5.32 Å². The van der Waals surface area contributed by atoms with E-state index in [-0.39, 0.29) is 5.97 Å². The Morgan fingerprint density at radius 1 is 1.44 bits per heavy atom. The van der Waals surface area contributed by atoms with Gasteiger partial charge in [-0.15, -0.1) is 0 Å². The molecule has 0 aliphatic carbocycles. The molecule has 0 saturated carbocycles.